The van der Waals surface area contributed by atoms with Gasteiger partial charge in [0.05, 0.1) is 25.7 Å². The van der Waals surface area contributed by atoms with Crippen LogP contribution in [0.25, 0.3) is 0 Å². The summed E-state index contributed by atoms with van der Waals surface area (Å²) in [6.45, 7) is 35.4. The minimum Gasteiger partial charge on any atom is -0.268 e. The second-order valence-electron chi connectivity index (χ2n) is 2.05. The third-order valence-corrected chi connectivity index (χ3v) is 1.87. The highest BCUT2D eigenvalue weighted by Crippen LogP contribution is 1.89. The van der Waals surface area contributed by atoms with Gasteiger partial charge in [0, 0.05) is 0 Å². The molecule has 0 radical (unpaired) electrons. The van der Waals surface area contributed by atoms with Gasteiger partial charge in [0.25, 0.3) is 20.2 Å². The Hall–Kier alpha value is -1.74. The van der Waals surface area contributed by atoms with Crippen molar-refractivity contribution in [2.24, 2.45) is 0 Å². The zero-order valence-corrected chi connectivity index (χ0v) is 16.8. The van der Waals surface area contributed by atoms with Gasteiger partial charge in [-0.25, -0.2) is 0 Å². The Morgan fingerprint density at radius 2 is 0.625 bits per heavy atom. The van der Waals surface area contributed by atoms with Crippen LogP contribution in [0.1, 0.15) is 0 Å². The molecule has 146 valence electrons. The van der Waals surface area contributed by atoms with Gasteiger partial charge < -0.3 is 0 Å². The maximum atomic E-state index is 10.3. The van der Waals surface area contributed by atoms with Crippen molar-refractivity contribution in [3.8, 4) is 0 Å². The van der Waals surface area contributed by atoms with E-state index in [1.165, 1.54) is 0 Å². The van der Waals surface area contributed by atoms with E-state index in [9.17, 15) is 16.8 Å². The molecule has 6 nitrogen and oxygen atoms in total. The van der Waals surface area contributed by atoms with E-state index in [4.69, 9.17) is 0 Å². The van der Waals surface area contributed by atoms with Crippen molar-refractivity contribution in [2.45, 2.75) is 0 Å². The van der Waals surface area contributed by atoms with E-state index in [-0.39, 0.29) is 13.2 Å². The van der Waals surface area contributed by atoms with Crippen LogP contribution in [0.5, 0.6) is 0 Å². The van der Waals surface area contributed by atoms with Gasteiger partial charge >= 0.3 is 0 Å². The molecule has 24 heavy (non-hydrogen) atoms. The van der Waals surface area contributed by atoms with Crippen molar-refractivity contribution < 1.29 is 25.2 Å². The molecule has 0 heterocycles. The molecule has 0 spiro atoms. The van der Waals surface area contributed by atoms with Crippen LogP contribution in [-0.2, 0) is 28.6 Å². The molecule has 0 fully saturated rings. The first kappa shape index (κ1) is 43.2. The molecule has 0 saturated carbocycles. The molecule has 0 amide bonds. The number of hydrogen-bond donors (Lipinski definition) is 0. The summed E-state index contributed by atoms with van der Waals surface area (Å²) in [5, 5.41) is 0. The Morgan fingerprint density at radius 3 is 0.708 bits per heavy atom. The fraction of sp³-hybridized carbons (Fsp3) is 0.250. The molecule has 0 aromatic heterocycles. The van der Waals surface area contributed by atoms with Crippen molar-refractivity contribution in [1.82, 2.24) is 0 Å². The molecule has 0 bridgehead atoms. The summed E-state index contributed by atoms with van der Waals surface area (Å²) in [5.41, 5.74) is 0. The summed E-state index contributed by atoms with van der Waals surface area (Å²) < 4.78 is 49.7. The molecule has 0 aliphatic rings. The largest absolute Gasteiger partial charge is 0.268 e. The Morgan fingerprint density at radius 1 is 0.500 bits per heavy atom. The van der Waals surface area contributed by atoms with Crippen LogP contribution in [0.4, 0.5) is 0 Å². The Labute approximate surface area is 150 Å². The predicted molar refractivity (Wildman–Crippen MR) is 109 cm³/mol. The van der Waals surface area contributed by atoms with Crippen molar-refractivity contribution in [3.05, 3.63) is 78.9 Å². The standard InChI is InChI=1S/C4H10O6S2.6C2H4/c1-11(5,6)9-3-4-10-12(2,7)8;6*1-2/h3-4H2,1-2H3;6*1-2H2. The van der Waals surface area contributed by atoms with E-state index in [0.717, 1.165) is 12.5 Å². The number of hydrogen-bond acceptors (Lipinski definition) is 6. The predicted octanol–water partition coefficient (Wildman–Crippen LogP) is 3.75. The molecule has 0 saturated heterocycles. The summed E-state index contributed by atoms with van der Waals surface area (Å²) in [6.07, 6.45) is 1.74. The van der Waals surface area contributed by atoms with E-state index in [0.29, 0.717) is 0 Å². The van der Waals surface area contributed by atoms with E-state index < -0.39 is 20.2 Å². The molecule has 0 unspecified atom stereocenters. The fourth-order valence-corrected chi connectivity index (χ4v) is 1.11. The van der Waals surface area contributed by atoms with Crippen LogP contribution in [0, 0.1) is 0 Å². The first-order valence-corrected chi connectivity index (χ1v) is 9.53. The van der Waals surface area contributed by atoms with Gasteiger partial charge in [0.15, 0.2) is 0 Å². The average Bonchev–Trinajstić information content (AvgIpc) is 2.61. The van der Waals surface area contributed by atoms with Gasteiger partial charge in [-0.15, -0.1) is 78.9 Å². The smallest absolute Gasteiger partial charge is 0.264 e. The zero-order chi connectivity index (χ0) is 21.8. The van der Waals surface area contributed by atoms with E-state index in [2.05, 4.69) is 87.3 Å². The van der Waals surface area contributed by atoms with Crippen LogP contribution in [0.2, 0.25) is 0 Å². The Kier molecular flexibility index (Phi) is 77.3. The first-order chi connectivity index (χ1) is 11.2. The lowest BCUT2D eigenvalue weighted by atomic mass is 10.8. The highest BCUT2D eigenvalue weighted by Gasteiger charge is 2.04. The molecule has 8 heteroatoms. The van der Waals surface area contributed by atoms with Crippen molar-refractivity contribution >= 4 is 20.2 Å². The maximum absolute atomic E-state index is 10.3. The molecule has 0 aliphatic heterocycles. The summed E-state index contributed by atoms with van der Waals surface area (Å²) in [6, 6.07) is 0. The molecule has 0 rings (SSSR count). The highest BCUT2D eigenvalue weighted by molar-refractivity contribution is 7.86. The molecule has 0 atom stereocenters. The Balaban J connectivity index is -0.0000000404. The van der Waals surface area contributed by atoms with Crippen molar-refractivity contribution in [2.75, 3.05) is 25.7 Å². The van der Waals surface area contributed by atoms with Gasteiger partial charge in [-0.3, -0.25) is 8.37 Å². The van der Waals surface area contributed by atoms with Crippen molar-refractivity contribution in [1.29, 1.82) is 0 Å². The maximum Gasteiger partial charge on any atom is 0.264 e. The summed E-state index contributed by atoms with van der Waals surface area (Å²) in [4.78, 5) is 0. The van der Waals surface area contributed by atoms with Crippen LogP contribution in [-0.4, -0.2) is 42.6 Å². The van der Waals surface area contributed by atoms with E-state index in [1.807, 2.05) is 0 Å². The quantitative estimate of drug-likeness (QED) is 0.406. The summed E-state index contributed by atoms with van der Waals surface area (Å²) in [7, 11) is -7.03. The van der Waals surface area contributed by atoms with Gasteiger partial charge in [0.2, 0.25) is 0 Å². The third-order valence-electron chi connectivity index (χ3n) is 0.678. The third kappa shape index (κ3) is 143. The second kappa shape index (κ2) is 42.9. The highest BCUT2D eigenvalue weighted by atomic mass is 32.2. The second-order valence-corrected chi connectivity index (χ2v) is 5.34. The minimum absolute atomic E-state index is 0.300. The summed E-state index contributed by atoms with van der Waals surface area (Å²) >= 11 is 0. The van der Waals surface area contributed by atoms with E-state index >= 15 is 0 Å². The monoisotopic (exact) mass is 386 g/mol. The lowest BCUT2D eigenvalue weighted by Gasteiger charge is -2.00. The molecule has 0 aliphatic carbocycles. The average molecular weight is 387 g/mol. The van der Waals surface area contributed by atoms with Crippen LogP contribution in [0.15, 0.2) is 78.9 Å². The molecule has 0 N–H and O–H groups in total. The van der Waals surface area contributed by atoms with Gasteiger partial charge in [0.1, 0.15) is 0 Å². The van der Waals surface area contributed by atoms with Crippen LogP contribution in [0.3, 0.4) is 0 Å². The van der Waals surface area contributed by atoms with Gasteiger partial charge in [-0.1, -0.05) is 0 Å². The summed E-state index contributed by atoms with van der Waals surface area (Å²) in [5.74, 6) is 0. The topological polar surface area (TPSA) is 86.7 Å². The lowest BCUT2D eigenvalue weighted by molar-refractivity contribution is 0.227. The Bertz CT molecular complexity index is 353. The van der Waals surface area contributed by atoms with Crippen LogP contribution >= 0.6 is 0 Å². The fourth-order valence-electron chi connectivity index (χ4n) is 0.371. The van der Waals surface area contributed by atoms with Crippen molar-refractivity contribution in [3.63, 3.8) is 0 Å². The molecule has 0 aromatic carbocycles. The SMILES string of the molecule is C=C.C=C.C=C.C=C.C=C.C=C.CS(=O)(=O)OCCOS(C)(=O)=O. The minimum atomic E-state index is -3.52. The normalized spacial score (nSPS) is 7.58. The van der Waals surface area contributed by atoms with E-state index in [1.54, 1.807) is 0 Å². The van der Waals surface area contributed by atoms with Gasteiger partial charge in [-0.05, 0) is 0 Å². The zero-order valence-electron chi connectivity index (χ0n) is 15.2. The lowest BCUT2D eigenvalue weighted by Crippen LogP contribution is -2.12. The first-order valence-electron chi connectivity index (χ1n) is 5.89. The molecule has 0 aromatic rings. The molecular formula is C16H34O6S2. The van der Waals surface area contributed by atoms with Gasteiger partial charge in [-0.2, -0.15) is 16.8 Å². The molecular weight excluding hydrogens is 352 g/mol. The van der Waals surface area contributed by atoms with Crippen LogP contribution < -0.4 is 0 Å². The number of rotatable bonds is 5.